The summed E-state index contributed by atoms with van der Waals surface area (Å²) in [7, 11) is -3.75. The summed E-state index contributed by atoms with van der Waals surface area (Å²) >= 11 is 0. The first kappa shape index (κ1) is 16.4. The number of carbonyl (C=O) groups is 2. The predicted octanol–water partition coefficient (Wildman–Crippen LogP) is -0.255. The second-order valence-corrected chi connectivity index (χ2v) is 6.84. The number of carbonyl (C=O) groups excluding carboxylic acids is 2. The Morgan fingerprint density at radius 1 is 1.32 bits per heavy atom. The maximum absolute atomic E-state index is 12.1. The molecule has 0 radical (unpaired) electrons. The molecule has 0 fully saturated rings. The number of hydrogen-bond donors (Lipinski definition) is 2. The van der Waals surface area contributed by atoms with Crippen LogP contribution in [0.25, 0.3) is 0 Å². The SMILES string of the molecule is CC(=O)NCCC(=O)N1CCc2ccc(S(N)(=O)=O)cc2C1. The minimum atomic E-state index is -3.75. The molecule has 2 amide bonds. The Morgan fingerprint density at radius 3 is 2.68 bits per heavy atom. The van der Waals surface area contributed by atoms with Crippen LogP contribution in [0.3, 0.4) is 0 Å². The Morgan fingerprint density at radius 2 is 2.05 bits per heavy atom. The van der Waals surface area contributed by atoms with Crippen molar-refractivity contribution in [2.45, 2.75) is 31.2 Å². The summed E-state index contributed by atoms with van der Waals surface area (Å²) in [5, 5.41) is 7.71. The van der Waals surface area contributed by atoms with E-state index in [4.69, 9.17) is 5.14 Å². The minimum Gasteiger partial charge on any atom is -0.356 e. The van der Waals surface area contributed by atoms with Gasteiger partial charge in [-0.3, -0.25) is 9.59 Å². The van der Waals surface area contributed by atoms with Crippen LogP contribution in [-0.4, -0.2) is 38.2 Å². The van der Waals surface area contributed by atoms with Crippen LogP contribution in [0.5, 0.6) is 0 Å². The van der Waals surface area contributed by atoms with Crippen molar-refractivity contribution >= 4 is 21.8 Å². The quantitative estimate of drug-likeness (QED) is 0.795. The van der Waals surface area contributed by atoms with Crippen molar-refractivity contribution in [3.05, 3.63) is 29.3 Å². The zero-order valence-corrected chi connectivity index (χ0v) is 13.1. The number of fused-ring (bicyclic) bond motifs is 1. The van der Waals surface area contributed by atoms with Crippen molar-refractivity contribution in [2.24, 2.45) is 5.14 Å². The van der Waals surface area contributed by atoms with Gasteiger partial charge >= 0.3 is 0 Å². The van der Waals surface area contributed by atoms with Gasteiger partial charge in [-0.05, 0) is 29.7 Å². The van der Waals surface area contributed by atoms with Gasteiger partial charge in [0.1, 0.15) is 0 Å². The molecule has 7 nitrogen and oxygen atoms in total. The highest BCUT2D eigenvalue weighted by molar-refractivity contribution is 7.89. The molecule has 0 bridgehead atoms. The number of primary sulfonamides is 1. The van der Waals surface area contributed by atoms with E-state index >= 15 is 0 Å². The maximum Gasteiger partial charge on any atom is 0.238 e. The molecule has 1 aromatic carbocycles. The van der Waals surface area contributed by atoms with Crippen LogP contribution in [-0.2, 0) is 32.6 Å². The monoisotopic (exact) mass is 325 g/mol. The third kappa shape index (κ3) is 4.05. The molecular formula is C14H19N3O4S. The minimum absolute atomic E-state index is 0.0544. The van der Waals surface area contributed by atoms with Gasteiger partial charge in [-0.1, -0.05) is 6.07 Å². The fourth-order valence-electron chi connectivity index (χ4n) is 2.43. The smallest absolute Gasteiger partial charge is 0.238 e. The molecule has 1 aliphatic heterocycles. The molecule has 0 atom stereocenters. The molecule has 0 aliphatic carbocycles. The number of nitrogens with zero attached hydrogens (tertiary/aromatic N) is 1. The lowest BCUT2D eigenvalue weighted by molar-refractivity contribution is -0.132. The molecule has 0 unspecified atom stereocenters. The van der Waals surface area contributed by atoms with Gasteiger partial charge in [0, 0.05) is 33.0 Å². The number of nitrogens with two attached hydrogens (primary N) is 1. The van der Waals surface area contributed by atoms with Gasteiger partial charge in [-0.25, -0.2) is 13.6 Å². The average Bonchev–Trinajstić information content (AvgIpc) is 2.44. The second kappa shape index (κ2) is 6.45. The lowest BCUT2D eigenvalue weighted by atomic mass is 9.99. The topological polar surface area (TPSA) is 110 Å². The van der Waals surface area contributed by atoms with E-state index < -0.39 is 10.0 Å². The second-order valence-electron chi connectivity index (χ2n) is 5.27. The zero-order valence-electron chi connectivity index (χ0n) is 12.3. The molecule has 1 aromatic rings. The van der Waals surface area contributed by atoms with Crippen molar-refractivity contribution in [2.75, 3.05) is 13.1 Å². The van der Waals surface area contributed by atoms with E-state index in [0.717, 1.165) is 11.1 Å². The zero-order chi connectivity index (χ0) is 16.3. The van der Waals surface area contributed by atoms with Crippen LogP contribution >= 0.6 is 0 Å². The molecule has 0 spiro atoms. The largest absolute Gasteiger partial charge is 0.356 e. The van der Waals surface area contributed by atoms with E-state index in [2.05, 4.69) is 5.32 Å². The molecule has 22 heavy (non-hydrogen) atoms. The van der Waals surface area contributed by atoms with Crippen molar-refractivity contribution in [3.8, 4) is 0 Å². The molecule has 1 heterocycles. The first-order valence-corrected chi connectivity index (χ1v) is 8.49. The lowest BCUT2D eigenvalue weighted by Gasteiger charge is -2.29. The van der Waals surface area contributed by atoms with Crippen molar-refractivity contribution in [1.29, 1.82) is 0 Å². The Hall–Kier alpha value is -1.93. The summed E-state index contributed by atoms with van der Waals surface area (Å²) in [6.45, 7) is 2.64. The van der Waals surface area contributed by atoms with Gasteiger partial charge in [-0.2, -0.15) is 0 Å². The van der Waals surface area contributed by atoms with Gasteiger partial charge in [0.25, 0.3) is 0 Å². The number of amides is 2. The maximum atomic E-state index is 12.1. The van der Waals surface area contributed by atoms with E-state index in [9.17, 15) is 18.0 Å². The average molecular weight is 325 g/mol. The summed E-state index contributed by atoms with van der Waals surface area (Å²) in [5.41, 5.74) is 1.82. The summed E-state index contributed by atoms with van der Waals surface area (Å²) in [6.07, 6.45) is 0.899. The standard InChI is InChI=1S/C14H19N3O4S/c1-10(18)16-6-4-14(19)17-7-5-11-2-3-13(22(15,20)21)8-12(11)9-17/h2-3,8H,4-7,9H2,1H3,(H,16,18)(H2,15,20,21). The molecule has 0 saturated carbocycles. The van der Waals surface area contributed by atoms with Crippen molar-refractivity contribution < 1.29 is 18.0 Å². The fraction of sp³-hybridized carbons (Fsp3) is 0.429. The molecule has 8 heteroatoms. The molecule has 1 aliphatic rings. The number of hydrogen-bond acceptors (Lipinski definition) is 4. The van der Waals surface area contributed by atoms with E-state index in [-0.39, 0.29) is 23.1 Å². The van der Waals surface area contributed by atoms with Gasteiger partial charge in [-0.15, -0.1) is 0 Å². The molecular weight excluding hydrogens is 306 g/mol. The number of rotatable bonds is 4. The van der Waals surface area contributed by atoms with Crippen molar-refractivity contribution in [3.63, 3.8) is 0 Å². The van der Waals surface area contributed by atoms with E-state index in [1.807, 2.05) is 0 Å². The first-order valence-electron chi connectivity index (χ1n) is 6.94. The first-order chi connectivity index (χ1) is 10.3. The van der Waals surface area contributed by atoms with Crippen LogP contribution in [0.1, 0.15) is 24.5 Å². The summed E-state index contributed by atoms with van der Waals surface area (Å²) < 4.78 is 22.8. The summed E-state index contributed by atoms with van der Waals surface area (Å²) in [5.74, 6) is -0.241. The number of nitrogens with one attached hydrogen (secondary N) is 1. The van der Waals surface area contributed by atoms with Gasteiger partial charge in [0.05, 0.1) is 4.90 Å². The normalized spacial score (nSPS) is 14.4. The highest BCUT2D eigenvalue weighted by Gasteiger charge is 2.22. The number of benzene rings is 1. The number of sulfonamides is 1. The van der Waals surface area contributed by atoms with Gasteiger partial charge < -0.3 is 10.2 Å². The van der Waals surface area contributed by atoms with Gasteiger partial charge in [0.15, 0.2) is 0 Å². The molecule has 120 valence electrons. The Kier molecular flexibility index (Phi) is 4.82. The lowest BCUT2D eigenvalue weighted by Crippen LogP contribution is -2.37. The highest BCUT2D eigenvalue weighted by atomic mass is 32.2. The van der Waals surface area contributed by atoms with Crippen LogP contribution < -0.4 is 10.5 Å². The Labute approximate surface area is 129 Å². The van der Waals surface area contributed by atoms with Gasteiger partial charge in [0.2, 0.25) is 21.8 Å². The van der Waals surface area contributed by atoms with E-state index in [1.54, 1.807) is 11.0 Å². The predicted molar refractivity (Wildman–Crippen MR) is 80.2 cm³/mol. The third-order valence-electron chi connectivity index (χ3n) is 3.58. The van der Waals surface area contributed by atoms with Crippen LogP contribution in [0.2, 0.25) is 0 Å². The van der Waals surface area contributed by atoms with Crippen LogP contribution in [0, 0.1) is 0 Å². The highest BCUT2D eigenvalue weighted by Crippen LogP contribution is 2.22. The van der Waals surface area contributed by atoms with E-state index in [0.29, 0.717) is 26.1 Å². The molecule has 2 rings (SSSR count). The Bertz CT molecular complexity index is 700. The third-order valence-corrected chi connectivity index (χ3v) is 4.50. The molecule has 3 N–H and O–H groups in total. The summed E-state index contributed by atoms with van der Waals surface area (Å²) in [4.78, 5) is 24.6. The fourth-order valence-corrected chi connectivity index (χ4v) is 2.99. The van der Waals surface area contributed by atoms with Crippen LogP contribution in [0.4, 0.5) is 0 Å². The molecule has 0 aromatic heterocycles. The molecule has 0 saturated heterocycles. The Balaban J connectivity index is 2.07. The van der Waals surface area contributed by atoms with Crippen LogP contribution in [0.15, 0.2) is 23.1 Å². The van der Waals surface area contributed by atoms with E-state index in [1.165, 1.54) is 19.1 Å². The summed E-state index contributed by atoms with van der Waals surface area (Å²) in [6, 6.07) is 4.76. The van der Waals surface area contributed by atoms with Crippen molar-refractivity contribution in [1.82, 2.24) is 10.2 Å².